The highest BCUT2D eigenvalue weighted by Crippen LogP contribution is 2.28. The van der Waals surface area contributed by atoms with E-state index in [4.69, 9.17) is 4.52 Å². The second kappa shape index (κ2) is 3.56. The molecular formula is C10H15N3O2. The standard InChI is InChI=1S/C10H15N3O2/c1-4-6-11-9(14)7-8(5(2)3)13-15-10(7)12-6/h5-6,12H,4H2,1-3H3,(H,11,14). The number of nitrogens with one attached hydrogen (secondary N) is 2. The smallest absolute Gasteiger partial charge is 0.260 e. The monoisotopic (exact) mass is 209 g/mol. The van der Waals surface area contributed by atoms with Crippen molar-refractivity contribution in [2.75, 3.05) is 5.32 Å². The zero-order valence-electron chi connectivity index (χ0n) is 9.13. The molecule has 1 aromatic heterocycles. The number of carbonyl (C=O) groups excluding carboxylic acids is 1. The highest BCUT2D eigenvalue weighted by molar-refractivity contribution is 6.01. The number of carbonyl (C=O) groups is 1. The zero-order chi connectivity index (χ0) is 11.0. The fourth-order valence-electron chi connectivity index (χ4n) is 1.64. The molecule has 0 aromatic carbocycles. The number of aromatic nitrogens is 1. The third-order valence-corrected chi connectivity index (χ3v) is 2.51. The lowest BCUT2D eigenvalue weighted by atomic mass is 10.0. The van der Waals surface area contributed by atoms with Gasteiger partial charge in [0.2, 0.25) is 5.88 Å². The van der Waals surface area contributed by atoms with Gasteiger partial charge in [-0.1, -0.05) is 25.9 Å². The topological polar surface area (TPSA) is 67.2 Å². The molecule has 1 aliphatic rings. The highest BCUT2D eigenvalue weighted by Gasteiger charge is 2.30. The quantitative estimate of drug-likeness (QED) is 0.777. The molecule has 82 valence electrons. The maximum absolute atomic E-state index is 11.8. The molecule has 5 nitrogen and oxygen atoms in total. The van der Waals surface area contributed by atoms with Crippen LogP contribution >= 0.6 is 0 Å². The molecule has 1 amide bonds. The van der Waals surface area contributed by atoms with Crippen molar-refractivity contribution in [1.82, 2.24) is 10.5 Å². The molecule has 15 heavy (non-hydrogen) atoms. The summed E-state index contributed by atoms with van der Waals surface area (Å²) in [7, 11) is 0. The van der Waals surface area contributed by atoms with Gasteiger partial charge in [0.05, 0.1) is 0 Å². The summed E-state index contributed by atoms with van der Waals surface area (Å²) in [5, 5.41) is 9.86. The summed E-state index contributed by atoms with van der Waals surface area (Å²) in [5.41, 5.74) is 1.26. The van der Waals surface area contributed by atoms with Crippen LogP contribution in [-0.2, 0) is 0 Å². The lowest BCUT2D eigenvalue weighted by Crippen LogP contribution is -2.44. The Bertz CT molecular complexity index is 384. The van der Waals surface area contributed by atoms with Crippen LogP contribution in [0.15, 0.2) is 4.52 Å². The Labute approximate surface area is 88.2 Å². The van der Waals surface area contributed by atoms with Crippen molar-refractivity contribution in [2.24, 2.45) is 0 Å². The fraction of sp³-hybridized carbons (Fsp3) is 0.600. The Kier molecular flexibility index (Phi) is 2.38. The molecule has 0 spiro atoms. The molecule has 1 atom stereocenters. The van der Waals surface area contributed by atoms with Crippen LogP contribution in [0.1, 0.15) is 49.2 Å². The molecule has 0 bridgehead atoms. The lowest BCUT2D eigenvalue weighted by Gasteiger charge is -2.23. The largest absolute Gasteiger partial charge is 0.338 e. The lowest BCUT2D eigenvalue weighted by molar-refractivity contribution is 0.0932. The van der Waals surface area contributed by atoms with Gasteiger partial charge in [-0.2, -0.15) is 0 Å². The van der Waals surface area contributed by atoms with Gasteiger partial charge in [-0.3, -0.25) is 4.79 Å². The van der Waals surface area contributed by atoms with E-state index in [0.29, 0.717) is 17.1 Å². The number of anilines is 1. The van der Waals surface area contributed by atoms with E-state index < -0.39 is 0 Å². The van der Waals surface area contributed by atoms with E-state index in [2.05, 4.69) is 15.8 Å². The first-order valence-electron chi connectivity index (χ1n) is 5.20. The summed E-state index contributed by atoms with van der Waals surface area (Å²) in [4.78, 5) is 11.8. The molecule has 0 fully saturated rings. The van der Waals surface area contributed by atoms with Gasteiger partial charge in [-0.25, -0.2) is 0 Å². The van der Waals surface area contributed by atoms with E-state index in [1.807, 2.05) is 20.8 Å². The molecule has 1 aliphatic heterocycles. The summed E-state index contributed by atoms with van der Waals surface area (Å²) >= 11 is 0. The Morgan fingerprint density at radius 1 is 1.47 bits per heavy atom. The van der Waals surface area contributed by atoms with Crippen LogP contribution < -0.4 is 10.6 Å². The highest BCUT2D eigenvalue weighted by atomic mass is 16.5. The van der Waals surface area contributed by atoms with Gasteiger partial charge in [0.25, 0.3) is 5.91 Å². The number of fused-ring (bicyclic) bond motifs is 1. The Hall–Kier alpha value is -1.52. The van der Waals surface area contributed by atoms with Gasteiger partial charge in [-0.05, 0) is 12.3 Å². The zero-order valence-corrected chi connectivity index (χ0v) is 9.13. The normalized spacial score (nSPS) is 19.7. The van der Waals surface area contributed by atoms with Crippen LogP contribution in [0.5, 0.6) is 0 Å². The van der Waals surface area contributed by atoms with Crippen molar-refractivity contribution in [3.05, 3.63) is 11.3 Å². The van der Waals surface area contributed by atoms with Gasteiger partial charge < -0.3 is 15.2 Å². The van der Waals surface area contributed by atoms with Crippen molar-refractivity contribution in [1.29, 1.82) is 0 Å². The Morgan fingerprint density at radius 2 is 2.20 bits per heavy atom. The second-order valence-corrected chi connectivity index (χ2v) is 4.01. The SMILES string of the molecule is CCC1NC(=O)c2c(C(C)C)noc2N1. The summed E-state index contributed by atoms with van der Waals surface area (Å²) in [6.07, 6.45) is 0.751. The predicted molar refractivity (Wildman–Crippen MR) is 55.8 cm³/mol. The van der Waals surface area contributed by atoms with Crippen LogP contribution in [0.3, 0.4) is 0 Å². The van der Waals surface area contributed by atoms with Crippen LogP contribution in [0, 0.1) is 0 Å². The third kappa shape index (κ3) is 1.58. The number of amides is 1. The van der Waals surface area contributed by atoms with E-state index in [1.165, 1.54) is 0 Å². The molecule has 1 unspecified atom stereocenters. The first kappa shape index (κ1) is 10.0. The molecule has 1 aromatic rings. The molecule has 2 heterocycles. The minimum Gasteiger partial charge on any atom is -0.338 e. The summed E-state index contributed by atoms with van der Waals surface area (Å²) < 4.78 is 5.13. The fourth-order valence-corrected chi connectivity index (χ4v) is 1.64. The molecule has 2 rings (SSSR count). The maximum atomic E-state index is 11.8. The van der Waals surface area contributed by atoms with Gasteiger partial charge in [-0.15, -0.1) is 0 Å². The summed E-state index contributed by atoms with van der Waals surface area (Å²) in [6, 6.07) is 0. The van der Waals surface area contributed by atoms with E-state index in [0.717, 1.165) is 6.42 Å². The molecule has 0 saturated carbocycles. The first-order valence-corrected chi connectivity index (χ1v) is 5.20. The van der Waals surface area contributed by atoms with Gasteiger partial charge >= 0.3 is 0 Å². The van der Waals surface area contributed by atoms with Crippen LogP contribution in [0.25, 0.3) is 0 Å². The first-order chi connectivity index (χ1) is 7.13. The third-order valence-electron chi connectivity index (χ3n) is 2.51. The van der Waals surface area contributed by atoms with Crippen molar-refractivity contribution in [3.8, 4) is 0 Å². The number of hydrogen-bond acceptors (Lipinski definition) is 4. The Morgan fingerprint density at radius 3 is 2.80 bits per heavy atom. The van der Waals surface area contributed by atoms with Gasteiger partial charge in [0.1, 0.15) is 17.4 Å². The van der Waals surface area contributed by atoms with Gasteiger partial charge in [0.15, 0.2) is 0 Å². The van der Waals surface area contributed by atoms with E-state index in [9.17, 15) is 4.79 Å². The van der Waals surface area contributed by atoms with Gasteiger partial charge in [0, 0.05) is 0 Å². The molecule has 0 aliphatic carbocycles. The van der Waals surface area contributed by atoms with E-state index in [-0.39, 0.29) is 18.0 Å². The maximum Gasteiger partial charge on any atom is 0.260 e. The number of rotatable bonds is 2. The average molecular weight is 209 g/mol. The Balaban J connectivity index is 2.39. The molecule has 2 N–H and O–H groups in total. The van der Waals surface area contributed by atoms with Crippen LogP contribution in [0.2, 0.25) is 0 Å². The predicted octanol–water partition coefficient (Wildman–Crippen LogP) is 1.69. The van der Waals surface area contributed by atoms with Crippen molar-refractivity contribution in [3.63, 3.8) is 0 Å². The molecule has 0 radical (unpaired) electrons. The van der Waals surface area contributed by atoms with Crippen molar-refractivity contribution in [2.45, 2.75) is 39.3 Å². The number of nitrogens with zero attached hydrogens (tertiary/aromatic N) is 1. The van der Waals surface area contributed by atoms with E-state index >= 15 is 0 Å². The minimum absolute atomic E-state index is 0.0574. The number of hydrogen-bond donors (Lipinski definition) is 2. The van der Waals surface area contributed by atoms with E-state index in [1.54, 1.807) is 0 Å². The molecular weight excluding hydrogens is 194 g/mol. The minimum atomic E-state index is -0.0967. The second-order valence-electron chi connectivity index (χ2n) is 4.01. The molecule has 5 heteroatoms. The average Bonchev–Trinajstić information content (AvgIpc) is 2.61. The molecule has 0 saturated heterocycles. The van der Waals surface area contributed by atoms with Crippen LogP contribution in [0.4, 0.5) is 5.88 Å². The van der Waals surface area contributed by atoms with Crippen molar-refractivity contribution >= 4 is 11.8 Å². The van der Waals surface area contributed by atoms with Crippen LogP contribution in [-0.4, -0.2) is 17.2 Å². The summed E-state index contributed by atoms with van der Waals surface area (Å²) in [5.74, 6) is 0.582. The van der Waals surface area contributed by atoms with Crippen molar-refractivity contribution < 1.29 is 9.32 Å². The summed E-state index contributed by atoms with van der Waals surface area (Å²) in [6.45, 7) is 5.96.